The fraction of sp³-hybridized carbons (Fsp3) is 0.200. The van der Waals surface area contributed by atoms with E-state index in [1.165, 1.54) is 26.2 Å². The highest BCUT2D eigenvalue weighted by Crippen LogP contribution is 2.40. The predicted molar refractivity (Wildman–Crippen MR) is 125 cm³/mol. The Hall–Kier alpha value is -4.20. The first-order valence-corrected chi connectivity index (χ1v) is 10.2. The van der Waals surface area contributed by atoms with Crippen LogP contribution in [0.2, 0.25) is 0 Å². The van der Waals surface area contributed by atoms with Crippen LogP contribution >= 0.6 is 0 Å². The molecule has 1 aliphatic heterocycles. The summed E-state index contributed by atoms with van der Waals surface area (Å²) in [6.07, 6.45) is 0. The zero-order valence-corrected chi connectivity index (χ0v) is 18.8. The van der Waals surface area contributed by atoms with Crippen molar-refractivity contribution in [2.24, 2.45) is 0 Å². The summed E-state index contributed by atoms with van der Waals surface area (Å²) in [7, 11) is 6.07. The molecule has 0 aromatic heterocycles. The van der Waals surface area contributed by atoms with Crippen molar-refractivity contribution in [3.05, 3.63) is 60.2 Å². The SMILES string of the molecule is COc1ccc(-c2ccc3c(c2)NC(=O)CN3C(=O)c2cc(OC)c(OC)c(OC)c2)cc1. The van der Waals surface area contributed by atoms with Gasteiger partial charge in [0.1, 0.15) is 12.3 Å². The lowest BCUT2D eigenvalue weighted by atomic mass is 10.0. The van der Waals surface area contributed by atoms with Gasteiger partial charge in [0.15, 0.2) is 11.5 Å². The standard InChI is InChI=1S/C25H24N2O6/c1-30-18-8-5-15(6-9-18)16-7-10-20-19(11-16)26-23(28)14-27(20)25(29)17-12-21(31-2)24(33-4)22(13-17)32-3/h5-13H,14H2,1-4H3,(H,26,28). The average Bonchev–Trinajstić information content (AvgIpc) is 2.86. The van der Waals surface area contributed by atoms with Crippen molar-refractivity contribution >= 4 is 23.2 Å². The lowest BCUT2D eigenvalue weighted by Crippen LogP contribution is -2.42. The second-order valence-corrected chi connectivity index (χ2v) is 7.31. The average molecular weight is 448 g/mol. The van der Waals surface area contributed by atoms with Crippen LogP contribution in [0.4, 0.5) is 11.4 Å². The van der Waals surface area contributed by atoms with E-state index in [1.54, 1.807) is 19.2 Å². The minimum absolute atomic E-state index is 0.107. The molecule has 0 saturated carbocycles. The molecule has 0 spiro atoms. The Morgan fingerprint density at radius 1 is 0.818 bits per heavy atom. The number of carbonyl (C=O) groups is 2. The first-order valence-electron chi connectivity index (χ1n) is 10.2. The van der Waals surface area contributed by atoms with Gasteiger partial charge in [0.25, 0.3) is 5.91 Å². The highest BCUT2D eigenvalue weighted by molar-refractivity contribution is 6.15. The summed E-state index contributed by atoms with van der Waals surface area (Å²) in [6.45, 7) is -0.107. The number of rotatable bonds is 6. The van der Waals surface area contributed by atoms with Crippen LogP contribution in [0.15, 0.2) is 54.6 Å². The number of fused-ring (bicyclic) bond motifs is 1. The van der Waals surface area contributed by atoms with E-state index in [4.69, 9.17) is 18.9 Å². The van der Waals surface area contributed by atoms with E-state index in [9.17, 15) is 9.59 Å². The Balaban J connectivity index is 1.72. The molecular formula is C25H24N2O6. The molecule has 3 aromatic rings. The number of hydrogen-bond donors (Lipinski definition) is 1. The first-order chi connectivity index (χ1) is 16.0. The summed E-state index contributed by atoms with van der Waals surface area (Å²) in [5, 5.41) is 2.87. The van der Waals surface area contributed by atoms with Crippen LogP contribution in [-0.2, 0) is 4.79 Å². The number of methoxy groups -OCH3 is 4. The molecule has 3 aromatic carbocycles. The minimum Gasteiger partial charge on any atom is -0.497 e. The topological polar surface area (TPSA) is 86.3 Å². The maximum absolute atomic E-state index is 13.4. The Labute approximate surface area is 191 Å². The van der Waals surface area contributed by atoms with Gasteiger partial charge in [-0.25, -0.2) is 0 Å². The molecular weight excluding hydrogens is 424 g/mol. The van der Waals surface area contributed by atoms with Gasteiger partial charge in [-0.05, 0) is 47.5 Å². The van der Waals surface area contributed by atoms with Gasteiger partial charge in [-0.3, -0.25) is 14.5 Å². The quantitative estimate of drug-likeness (QED) is 0.614. The number of amides is 2. The van der Waals surface area contributed by atoms with Gasteiger partial charge in [-0.1, -0.05) is 18.2 Å². The van der Waals surface area contributed by atoms with Crippen LogP contribution in [0.25, 0.3) is 11.1 Å². The van der Waals surface area contributed by atoms with E-state index in [-0.39, 0.29) is 18.4 Å². The van der Waals surface area contributed by atoms with Gasteiger partial charge in [-0.15, -0.1) is 0 Å². The molecule has 1 N–H and O–H groups in total. The van der Waals surface area contributed by atoms with Crippen molar-refractivity contribution in [3.8, 4) is 34.1 Å². The fourth-order valence-electron chi connectivity index (χ4n) is 3.79. The molecule has 0 radical (unpaired) electrons. The molecule has 0 atom stereocenters. The Bertz CT molecular complexity index is 1180. The number of nitrogens with one attached hydrogen (secondary N) is 1. The van der Waals surface area contributed by atoms with E-state index in [2.05, 4.69) is 5.32 Å². The number of hydrogen-bond acceptors (Lipinski definition) is 6. The van der Waals surface area contributed by atoms with Crippen LogP contribution in [0.5, 0.6) is 23.0 Å². The van der Waals surface area contributed by atoms with Crippen molar-refractivity contribution < 1.29 is 28.5 Å². The predicted octanol–water partition coefficient (Wildman–Crippen LogP) is 3.99. The number of carbonyl (C=O) groups excluding carboxylic acids is 2. The molecule has 0 unspecified atom stereocenters. The van der Waals surface area contributed by atoms with E-state index in [1.807, 2.05) is 42.5 Å². The normalized spacial score (nSPS) is 12.5. The van der Waals surface area contributed by atoms with Crippen LogP contribution in [0, 0.1) is 0 Å². The molecule has 4 rings (SSSR count). The molecule has 8 nitrogen and oxygen atoms in total. The van der Waals surface area contributed by atoms with Crippen LogP contribution in [0.3, 0.4) is 0 Å². The van der Waals surface area contributed by atoms with Crippen LogP contribution < -0.4 is 29.2 Å². The third kappa shape index (κ3) is 4.15. The molecule has 33 heavy (non-hydrogen) atoms. The van der Waals surface area contributed by atoms with E-state index >= 15 is 0 Å². The Morgan fingerprint density at radius 2 is 1.45 bits per heavy atom. The van der Waals surface area contributed by atoms with Crippen LogP contribution in [0.1, 0.15) is 10.4 Å². The number of benzene rings is 3. The molecule has 0 bridgehead atoms. The molecule has 2 amide bonds. The zero-order chi connectivity index (χ0) is 23.5. The monoisotopic (exact) mass is 448 g/mol. The van der Waals surface area contributed by atoms with E-state index in [0.717, 1.165) is 16.9 Å². The number of anilines is 2. The van der Waals surface area contributed by atoms with Crippen molar-refractivity contribution in [2.45, 2.75) is 0 Å². The Morgan fingerprint density at radius 3 is 2.03 bits per heavy atom. The van der Waals surface area contributed by atoms with Crippen LogP contribution in [-0.4, -0.2) is 46.8 Å². The van der Waals surface area contributed by atoms with Crippen molar-refractivity contribution in [1.29, 1.82) is 0 Å². The molecule has 0 fully saturated rings. The molecule has 8 heteroatoms. The number of nitrogens with zero attached hydrogens (tertiary/aromatic N) is 1. The Kier molecular flexibility index (Phi) is 6.08. The van der Waals surface area contributed by atoms with Crippen molar-refractivity contribution in [3.63, 3.8) is 0 Å². The fourth-order valence-corrected chi connectivity index (χ4v) is 3.79. The van der Waals surface area contributed by atoms with Crippen molar-refractivity contribution in [2.75, 3.05) is 45.2 Å². The summed E-state index contributed by atoms with van der Waals surface area (Å²) < 4.78 is 21.3. The smallest absolute Gasteiger partial charge is 0.259 e. The molecule has 0 saturated heterocycles. The number of ether oxygens (including phenoxy) is 4. The van der Waals surface area contributed by atoms with Crippen molar-refractivity contribution in [1.82, 2.24) is 0 Å². The summed E-state index contributed by atoms with van der Waals surface area (Å²) in [5.74, 6) is 1.22. The van der Waals surface area contributed by atoms with Gasteiger partial charge in [0.05, 0.1) is 39.8 Å². The minimum atomic E-state index is -0.359. The highest BCUT2D eigenvalue weighted by atomic mass is 16.5. The third-order valence-corrected chi connectivity index (χ3v) is 5.44. The van der Waals surface area contributed by atoms with Gasteiger partial charge in [0, 0.05) is 5.56 Å². The van der Waals surface area contributed by atoms with Gasteiger partial charge < -0.3 is 24.3 Å². The van der Waals surface area contributed by atoms with Gasteiger partial charge >= 0.3 is 0 Å². The van der Waals surface area contributed by atoms with Gasteiger partial charge in [-0.2, -0.15) is 0 Å². The summed E-state index contributed by atoms with van der Waals surface area (Å²) in [6, 6.07) is 16.3. The maximum Gasteiger partial charge on any atom is 0.259 e. The first kappa shape index (κ1) is 22.0. The molecule has 0 aliphatic carbocycles. The largest absolute Gasteiger partial charge is 0.497 e. The summed E-state index contributed by atoms with van der Waals surface area (Å²) >= 11 is 0. The lowest BCUT2D eigenvalue weighted by molar-refractivity contribution is -0.115. The summed E-state index contributed by atoms with van der Waals surface area (Å²) in [5.41, 5.74) is 3.33. The van der Waals surface area contributed by atoms with Gasteiger partial charge in [0.2, 0.25) is 11.7 Å². The van der Waals surface area contributed by atoms with E-state index in [0.29, 0.717) is 34.2 Å². The molecule has 1 heterocycles. The van der Waals surface area contributed by atoms with E-state index < -0.39 is 0 Å². The third-order valence-electron chi connectivity index (χ3n) is 5.44. The second-order valence-electron chi connectivity index (χ2n) is 7.31. The molecule has 170 valence electrons. The zero-order valence-electron chi connectivity index (χ0n) is 18.8. The summed E-state index contributed by atoms with van der Waals surface area (Å²) in [4.78, 5) is 27.3. The second kappa shape index (κ2) is 9.12. The lowest BCUT2D eigenvalue weighted by Gasteiger charge is -2.30. The molecule has 1 aliphatic rings. The highest BCUT2D eigenvalue weighted by Gasteiger charge is 2.29. The maximum atomic E-state index is 13.4.